The maximum absolute atomic E-state index is 9.16. The first kappa shape index (κ1) is 8.65. The Balaban J connectivity index is 3.02. The van der Waals surface area contributed by atoms with Crippen molar-refractivity contribution in [3.05, 3.63) is 30.3 Å². The second-order valence-electron chi connectivity index (χ2n) is 2.51. The summed E-state index contributed by atoms with van der Waals surface area (Å²) >= 11 is 0. The van der Waals surface area contributed by atoms with Crippen LogP contribution in [0.25, 0.3) is 6.08 Å². The molecule has 0 saturated heterocycles. The molecule has 0 bridgehead atoms. The van der Waals surface area contributed by atoms with Crippen LogP contribution in [-0.2, 0) is 0 Å². The van der Waals surface area contributed by atoms with Gasteiger partial charge >= 0.3 is 0 Å². The largest absolute Gasteiger partial charge is 0.508 e. The molecular weight excluding hydrogens is 150 g/mol. The average molecular weight is 163 g/mol. The molecule has 2 N–H and O–H groups in total. The van der Waals surface area contributed by atoms with Gasteiger partial charge in [0.15, 0.2) is 0 Å². The number of phenolic OH excluding ortho intramolecular Hbond substituents is 1. The fraction of sp³-hybridized carbons (Fsp3) is 0.200. The third kappa shape index (κ3) is 1.78. The summed E-state index contributed by atoms with van der Waals surface area (Å²) in [5.41, 5.74) is 1.93. The number of benzene rings is 1. The summed E-state index contributed by atoms with van der Waals surface area (Å²) in [5, 5.41) is 12.3. The number of phenols is 1. The molecule has 0 amide bonds. The fourth-order valence-corrected chi connectivity index (χ4v) is 1.07. The van der Waals surface area contributed by atoms with E-state index in [4.69, 9.17) is 5.11 Å². The van der Waals surface area contributed by atoms with Crippen molar-refractivity contribution >= 4 is 11.8 Å². The standard InChI is InChI=1S/C10H13NO/c1-3-8-7-9(12)5-6-10(8)11-4-2/h3,5-7,11-12H,1,4H2,2H3. The van der Waals surface area contributed by atoms with E-state index in [1.54, 1.807) is 18.2 Å². The summed E-state index contributed by atoms with van der Waals surface area (Å²) in [6.07, 6.45) is 1.72. The van der Waals surface area contributed by atoms with Crippen molar-refractivity contribution in [2.75, 3.05) is 11.9 Å². The van der Waals surface area contributed by atoms with E-state index in [1.807, 2.05) is 13.0 Å². The SMILES string of the molecule is C=Cc1cc(O)ccc1NCC. The molecule has 0 saturated carbocycles. The first-order valence-electron chi connectivity index (χ1n) is 3.97. The number of hydrogen-bond acceptors (Lipinski definition) is 2. The highest BCUT2D eigenvalue weighted by Gasteiger charge is 1.97. The van der Waals surface area contributed by atoms with Crippen molar-refractivity contribution in [2.24, 2.45) is 0 Å². The minimum atomic E-state index is 0.270. The number of aromatic hydroxyl groups is 1. The van der Waals surface area contributed by atoms with Crippen molar-refractivity contribution in [1.82, 2.24) is 0 Å². The lowest BCUT2D eigenvalue weighted by Crippen LogP contribution is -1.97. The molecule has 0 unspecified atom stereocenters. The normalized spacial score (nSPS) is 9.42. The molecule has 12 heavy (non-hydrogen) atoms. The maximum atomic E-state index is 9.16. The number of nitrogens with one attached hydrogen (secondary N) is 1. The molecule has 0 heterocycles. The van der Waals surface area contributed by atoms with Gasteiger partial charge in [0.1, 0.15) is 5.75 Å². The Labute approximate surface area is 72.5 Å². The lowest BCUT2D eigenvalue weighted by atomic mass is 10.1. The van der Waals surface area contributed by atoms with Gasteiger partial charge in [0, 0.05) is 17.8 Å². The lowest BCUT2D eigenvalue weighted by Gasteiger charge is -2.07. The average Bonchev–Trinajstić information content (AvgIpc) is 2.08. The summed E-state index contributed by atoms with van der Waals surface area (Å²) in [4.78, 5) is 0. The van der Waals surface area contributed by atoms with Gasteiger partial charge < -0.3 is 10.4 Å². The monoisotopic (exact) mass is 163 g/mol. The highest BCUT2D eigenvalue weighted by Crippen LogP contribution is 2.21. The first-order valence-corrected chi connectivity index (χ1v) is 3.97. The van der Waals surface area contributed by atoms with Gasteiger partial charge in [-0.15, -0.1) is 0 Å². The van der Waals surface area contributed by atoms with Crippen LogP contribution in [0, 0.1) is 0 Å². The van der Waals surface area contributed by atoms with Crippen LogP contribution in [-0.4, -0.2) is 11.7 Å². The van der Waals surface area contributed by atoms with Gasteiger partial charge in [-0.25, -0.2) is 0 Å². The van der Waals surface area contributed by atoms with Crippen molar-refractivity contribution < 1.29 is 5.11 Å². The Morgan fingerprint density at radius 2 is 2.33 bits per heavy atom. The molecule has 0 atom stereocenters. The van der Waals surface area contributed by atoms with Crippen LogP contribution in [0.1, 0.15) is 12.5 Å². The van der Waals surface area contributed by atoms with Gasteiger partial charge in [0.2, 0.25) is 0 Å². The lowest BCUT2D eigenvalue weighted by molar-refractivity contribution is 0.475. The molecule has 0 aliphatic heterocycles. The molecule has 0 aliphatic carbocycles. The van der Waals surface area contributed by atoms with E-state index in [0.29, 0.717) is 0 Å². The third-order valence-electron chi connectivity index (χ3n) is 1.62. The minimum Gasteiger partial charge on any atom is -0.508 e. The van der Waals surface area contributed by atoms with E-state index in [1.165, 1.54) is 0 Å². The molecule has 2 nitrogen and oxygen atoms in total. The van der Waals surface area contributed by atoms with Gasteiger partial charge in [-0.2, -0.15) is 0 Å². The van der Waals surface area contributed by atoms with Crippen LogP contribution in [0.3, 0.4) is 0 Å². The molecular formula is C10H13NO. The van der Waals surface area contributed by atoms with Crippen molar-refractivity contribution in [3.8, 4) is 5.75 Å². The molecule has 1 aromatic carbocycles. The second kappa shape index (κ2) is 3.81. The molecule has 0 radical (unpaired) electrons. The fourth-order valence-electron chi connectivity index (χ4n) is 1.07. The third-order valence-corrected chi connectivity index (χ3v) is 1.62. The van der Waals surface area contributed by atoms with Crippen LogP contribution in [0.4, 0.5) is 5.69 Å². The Hall–Kier alpha value is -1.44. The Kier molecular flexibility index (Phi) is 2.75. The maximum Gasteiger partial charge on any atom is 0.116 e. The number of rotatable bonds is 3. The minimum absolute atomic E-state index is 0.270. The summed E-state index contributed by atoms with van der Waals surface area (Å²) in [6.45, 7) is 6.56. The smallest absolute Gasteiger partial charge is 0.116 e. The quantitative estimate of drug-likeness (QED) is 0.671. The molecule has 0 spiro atoms. The van der Waals surface area contributed by atoms with E-state index in [2.05, 4.69) is 11.9 Å². The van der Waals surface area contributed by atoms with Crippen molar-refractivity contribution in [2.45, 2.75) is 6.92 Å². The van der Waals surface area contributed by atoms with E-state index in [0.717, 1.165) is 17.8 Å². The summed E-state index contributed by atoms with van der Waals surface area (Å²) < 4.78 is 0. The zero-order chi connectivity index (χ0) is 8.97. The Morgan fingerprint density at radius 1 is 1.58 bits per heavy atom. The molecule has 1 aromatic rings. The predicted octanol–water partition coefficient (Wildman–Crippen LogP) is 2.47. The van der Waals surface area contributed by atoms with Crippen molar-refractivity contribution in [1.29, 1.82) is 0 Å². The van der Waals surface area contributed by atoms with Gasteiger partial charge in [-0.05, 0) is 25.1 Å². The van der Waals surface area contributed by atoms with E-state index in [9.17, 15) is 0 Å². The molecule has 2 heteroatoms. The summed E-state index contributed by atoms with van der Waals surface area (Å²) in [7, 11) is 0. The van der Waals surface area contributed by atoms with E-state index >= 15 is 0 Å². The molecule has 0 aromatic heterocycles. The van der Waals surface area contributed by atoms with Gasteiger partial charge in [0.25, 0.3) is 0 Å². The van der Waals surface area contributed by atoms with Crippen LogP contribution in [0.5, 0.6) is 5.75 Å². The van der Waals surface area contributed by atoms with E-state index in [-0.39, 0.29) is 5.75 Å². The molecule has 0 fully saturated rings. The van der Waals surface area contributed by atoms with Crippen LogP contribution >= 0.6 is 0 Å². The number of anilines is 1. The second-order valence-corrected chi connectivity index (χ2v) is 2.51. The zero-order valence-electron chi connectivity index (χ0n) is 7.17. The van der Waals surface area contributed by atoms with Crippen molar-refractivity contribution in [3.63, 3.8) is 0 Å². The van der Waals surface area contributed by atoms with Crippen LogP contribution in [0.2, 0.25) is 0 Å². The van der Waals surface area contributed by atoms with Gasteiger partial charge in [-0.1, -0.05) is 12.7 Å². The molecule has 64 valence electrons. The summed E-state index contributed by atoms with van der Waals surface area (Å²) in [5.74, 6) is 0.270. The van der Waals surface area contributed by atoms with Gasteiger partial charge in [-0.3, -0.25) is 0 Å². The van der Waals surface area contributed by atoms with Crippen LogP contribution < -0.4 is 5.32 Å². The first-order chi connectivity index (χ1) is 5.77. The van der Waals surface area contributed by atoms with Crippen LogP contribution in [0.15, 0.2) is 24.8 Å². The highest BCUT2D eigenvalue weighted by atomic mass is 16.3. The summed E-state index contributed by atoms with van der Waals surface area (Å²) in [6, 6.07) is 5.19. The number of hydrogen-bond donors (Lipinski definition) is 2. The predicted molar refractivity (Wildman–Crippen MR) is 52.4 cm³/mol. The molecule has 1 rings (SSSR count). The molecule has 0 aliphatic rings. The van der Waals surface area contributed by atoms with E-state index < -0.39 is 0 Å². The Bertz CT molecular complexity index is 281. The topological polar surface area (TPSA) is 32.3 Å². The Morgan fingerprint density at radius 3 is 2.92 bits per heavy atom. The highest BCUT2D eigenvalue weighted by molar-refractivity contribution is 5.67. The zero-order valence-corrected chi connectivity index (χ0v) is 7.17. The van der Waals surface area contributed by atoms with Gasteiger partial charge in [0.05, 0.1) is 0 Å².